The number of ether oxygens (including phenoxy) is 1. The smallest absolute Gasteiger partial charge is 0.263 e. The summed E-state index contributed by atoms with van der Waals surface area (Å²) in [6.07, 6.45) is 3.53. The Morgan fingerprint density at radius 3 is 2.89 bits per heavy atom. The summed E-state index contributed by atoms with van der Waals surface area (Å²) < 4.78 is 12.2. The molecular weight excluding hydrogens is 376 g/mol. The Labute approximate surface area is 166 Å². The normalized spacial score (nSPS) is 15.0. The number of nitrogens with one attached hydrogen (secondary N) is 1. The molecular formula is C20H22N4O3S. The van der Waals surface area contributed by atoms with Gasteiger partial charge in [0.2, 0.25) is 0 Å². The number of morpholine rings is 1. The van der Waals surface area contributed by atoms with E-state index in [-0.39, 0.29) is 17.0 Å². The third-order valence-electron chi connectivity index (χ3n) is 4.97. The van der Waals surface area contributed by atoms with Crippen LogP contribution < -0.4 is 10.9 Å². The number of nitrogens with zero attached hydrogens (tertiary/aromatic N) is 3. The number of fused-ring (bicyclic) bond motifs is 1. The number of rotatable bonds is 5. The molecule has 1 aliphatic heterocycles. The van der Waals surface area contributed by atoms with Crippen molar-refractivity contribution in [3.63, 3.8) is 0 Å². The van der Waals surface area contributed by atoms with Gasteiger partial charge in [0.05, 0.1) is 17.9 Å². The van der Waals surface area contributed by atoms with E-state index >= 15 is 0 Å². The number of hydrogen-bond donors (Lipinski definition) is 1. The first kappa shape index (κ1) is 18.8. The maximum atomic E-state index is 12.9. The summed E-state index contributed by atoms with van der Waals surface area (Å²) in [5.41, 5.74) is 1.25. The molecule has 1 aromatic carbocycles. The Morgan fingerprint density at radius 2 is 2.07 bits per heavy atom. The third kappa shape index (κ3) is 3.99. The number of aryl methyl sites for hydroxylation is 1. The molecule has 1 amide bonds. The number of benzene rings is 1. The van der Waals surface area contributed by atoms with Crippen molar-refractivity contribution in [2.24, 2.45) is 0 Å². The Hall–Kier alpha value is -2.55. The highest BCUT2D eigenvalue weighted by Crippen LogP contribution is 2.22. The van der Waals surface area contributed by atoms with Crippen molar-refractivity contribution < 1.29 is 9.53 Å². The van der Waals surface area contributed by atoms with Gasteiger partial charge >= 0.3 is 0 Å². The van der Waals surface area contributed by atoms with Gasteiger partial charge in [0, 0.05) is 49.6 Å². The fourth-order valence-corrected chi connectivity index (χ4v) is 3.96. The van der Waals surface area contributed by atoms with Crippen molar-refractivity contribution in [2.45, 2.75) is 13.5 Å². The van der Waals surface area contributed by atoms with E-state index in [0.717, 1.165) is 42.9 Å². The highest BCUT2D eigenvalue weighted by Gasteiger charge is 2.17. The molecule has 1 N–H and O–H groups in total. The lowest BCUT2D eigenvalue weighted by Gasteiger charge is -2.26. The van der Waals surface area contributed by atoms with Crippen LogP contribution in [-0.2, 0) is 11.3 Å². The van der Waals surface area contributed by atoms with Crippen LogP contribution in [0.25, 0.3) is 10.1 Å². The maximum absolute atomic E-state index is 12.9. The van der Waals surface area contributed by atoms with Gasteiger partial charge in [-0.2, -0.15) is 4.37 Å². The molecule has 0 unspecified atom stereocenters. The summed E-state index contributed by atoms with van der Waals surface area (Å²) in [6, 6.07) is 7.43. The summed E-state index contributed by atoms with van der Waals surface area (Å²) >= 11 is 1.41. The van der Waals surface area contributed by atoms with E-state index in [0.29, 0.717) is 17.8 Å². The first-order chi connectivity index (χ1) is 13.6. The largest absolute Gasteiger partial charge is 0.379 e. The van der Waals surface area contributed by atoms with Gasteiger partial charge in [-0.3, -0.25) is 14.5 Å². The highest BCUT2D eigenvalue weighted by atomic mass is 32.1. The molecule has 0 spiro atoms. The van der Waals surface area contributed by atoms with Gasteiger partial charge in [0.25, 0.3) is 11.5 Å². The van der Waals surface area contributed by atoms with Crippen LogP contribution in [0.2, 0.25) is 0 Å². The van der Waals surface area contributed by atoms with Crippen LogP contribution in [0.4, 0.5) is 5.69 Å². The van der Waals surface area contributed by atoms with E-state index in [1.807, 2.05) is 24.3 Å². The first-order valence-corrected chi connectivity index (χ1v) is 10.0. The molecule has 3 heterocycles. The topological polar surface area (TPSA) is 76.5 Å². The van der Waals surface area contributed by atoms with Crippen molar-refractivity contribution in [2.75, 3.05) is 38.2 Å². The standard InChI is InChI=1S/C20H22N4O3S/c1-14-4-5-24(7-6-23-8-10-27-11-9-23)20(26)18(14)19(25)22-16-2-3-17-15(12-16)13-21-28-17/h2-5,12-13H,6-11H2,1H3,(H,22,25). The minimum atomic E-state index is -0.384. The molecule has 0 aliphatic carbocycles. The quantitative estimate of drug-likeness (QED) is 0.714. The van der Waals surface area contributed by atoms with Crippen LogP contribution in [0.5, 0.6) is 0 Å². The van der Waals surface area contributed by atoms with E-state index in [2.05, 4.69) is 14.6 Å². The number of aromatic nitrogens is 2. The van der Waals surface area contributed by atoms with E-state index in [1.54, 1.807) is 23.9 Å². The Balaban J connectivity index is 1.52. The van der Waals surface area contributed by atoms with E-state index in [9.17, 15) is 9.59 Å². The minimum absolute atomic E-state index is 0.188. The minimum Gasteiger partial charge on any atom is -0.379 e. The van der Waals surface area contributed by atoms with Crippen molar-refractivity contribution in [1.82, 2.24) is 13.8 Å². The SMILES string of the molecule is Cc1ccn(CCN2CCOCC2)c(=O)c1C(=O)Nc1ccc2sncc2c1. The maximum Gasteiger partial charge on any atom is 0.263 e. The number of amides is 1. The summed E-state index contributed by atoms with van der Waals surface area (Å²) in [6.45, 7) is 6.28. The lowest BCUT2D eigenvalue weighted by molar-refractivity contribution is 0.0363. The Morgan fingerprint density at radius 1 is 1.25 bits per heavy atom. The Bertz CT molecular complexity index is 1050. The van der Waals surface area contributed by atoms with Gasteiger partial charge in [0.1, 0.15) is 5.56 Å². The van der Waals surface area contributed by atoms with Gasteiger partial charge in [-0.25, -0.2) is 0 Å². The first-order valence-electron chi connectivity index (χ1n) is 9.28. The van der Waals surface area contributed by atoms with Gasteiger partial charge in [0.15, 0.2) is 0 Å². The zero-order valence-corrected chi connectivity index (χ0v) is 16.5. The van der Waals surface area contributed by atoms with Crippen molar-refractivity contribution in [3.05, 3.63) is 58.1 Å². The number of hydrogen-bond acceptors (Lipinski definition) is 6. The van der Waals surface area contributed by atoms with Crippen molar-refractivity contribution >= 4 is 33.2 Å². The predicted octanol–water partition coefficient (Wildman–Crippen LogP) is 2.35. The number of anilines is 1. The van der Waals surface area contributed by atoms with Crippen LogP contribution in [0.3, 0.4) is 0 Å². The second kappa shape index (κ2) is 8.22. The molecule has 8 heteroatoms. The van der Waals surface area contributed by atoms with Gasteiger partial charge in [-0.15, -0.1) is 0 Å². The van der Waals surface area contributed by atoms with Gasteiger partial charge < -0.3 is 14.6 Å². The lowest BCUT2D eigenvalue weighted by atomic mass is 10.1. The van der Waals surface area contributed by atoms with Crippen molar-refractivity contribution in [1.29, 1.82) is 0 Å². The fourth-order valence-electron chi connectivity index (χ4n) is 3.34. The number of carbonyl (C=O) groups excluding carboxylic acids is 1. The highest BCUT2D eigenvalue weighted by molar-refractivity contribution is 7.13. The van der Waals surface area contributed by atoms with Crippen LogP contribution in [-0.4, -0.2) is 52.6 Å². The molecule has 1 saturated heterocycles. The number of pyridine rings is 1. The molecule has 0 radical (unpaired) electrons. The monoisotopic (exact) mass is 398 g/mol. The van der Waals surface area contributed by atoms with Crippen LogP contribution >= 0.6 is 11.5 Å². The van der Waals surface area contributed by atoms with Gasteiger partial charge in [-0.1, -0.05) is 0 Å². The molecule has 2 aromatic heterocycles. The summed E-state index contributed by atoms with van der Waals surface area (Å²) in [7, 11) is 0. The zero-order chi connectivity index (χ0) is 19.5. The third-order valence-corrected chi connectivity index (χ3v) is 5.75. The summed E-state index contributed by atoms with van der Waals surface area (Å²) in [5.74, 6) is -0.384. The molecule has 0 bridgehead atoms. The molecule has 0 atom stereocenters. The second-order valence-electron chi connectivity index (χ2n) is 6.86. The molecule has 1 fully saturated rings. The second-order valence-corrected chi connectivity index (χ2v) is 7.69. The average molecular weight is 398 g/mol. The Kier molecular flexibility index (Phi) is 5.52. The van der Waals surface area contributed by atoms with Crippen LogP contribution in [0.1, 0.15) is 15.9 Å². The summed E-state index contributed by atoms with van der Waals surface area (Å²) in [5, 5.41) is 3.82. The molecule has 4 rings (SSSR count). The van der Waals surface area contributed by atoms with Crippen molar-refractivity contribution in [3.8, 4) is 0 Å². The molecule has 146 valence electrons. The lowest BCUT2D eigenvalue weighted by Crippen LogP contribution is -2.40. The van der Waals surface area contributed by atoms with E-state index in [4.69, 9.17) is 4.74 Å². The van der Waals surface area contributed by atoms with Crippen LogP contribution in [0.15, 0.2) is 41.5 Å². The molecule has 0 saturated carbocycles. The molecule has 28 heavy (non-hydrogen) atoms. The van der Waals surface area contributed by atoms with E-state index < -0.39 is 0 Å². The molecule has 7 nitrogen and oxygen atoms in total. The summed E-state index contributed by atoms with van der Waals surface area (Å²) in [4.78, 5) is 28.0. The zero-order valence-electron chi connectivity index (χ0n) is 15.7. The van der Waals surface area contributed by atoms with Crippen LogP contribution in [0, 0.1) is 6.92 Å². The average Bonchev–Trinajstić information content (AvgIpc) is 3.16. The predicted molar refractivity (Wildman–Crippen MR) is 110 cm³/mol. The number of carbonyl (C=O) groups is 1. The molecule has 3 aromatic rings. The fraction of sp³-hybridized carbons (Fsp3) is 0.350. The van der Waals surface area contributed by atoms with E-state index in [1.165, 1.54) is 11.5 Å². The van der Waals surface area contributed by atoms with Gasteiger partial charge in [-0.05, 0) is 48.3 Å². The molecule has 1 aliphatic rings.